The van der Waals surface area contributed by atoms with Crippen LogP contribution in [-0.4, -0.2) is 9.81 Å². The average molecular weight is 296 g/mol. The molecule has 2 aromatic heterocycles. The zero-order valence-electron chi connectivity index (χ0n) is 10.7. The molecule has 0 fully saturated rings. The monoisotopic (exact) mass is 295 g/mol. The van der Waals surface area contributed by atoms with Gasteiger partial charge in [0.05, 0.1) is 16.1 Å². The lowest BCUT2D eigenvalue weighted by Crippen LogP contribution is -2.27. The van der Waals surface area contributed by atoms with E-state index in [1.165, 1.54) is 6.07 Å². The zero-order valence-corrected chi connectivity index (χ0v) is 12.3. The quantitative estimate of drug-likeness (QED) is 0.808. The molecule has 0 aliphatic carbocycles. The summed E-state index contributed by atoms with van der Waals surface area (Å²) < 4.78 is 1.63. The van der Waals surface area contributed by atoms with Gasteiger partial charge in [0, 0.05) is 6.54 Å². The summed E-state index contributed by atoms with van der Waals surface area (Å²) in [7, 11) is 0. The first kappa shape index (κ1) is 14.0. The van der Waals surface area contributed by atoms with E-state index in [1.807, 2.05) is 31.4 Å². The fraction of sp³-hybridized carbons (Fsp3) is 0.286. The predicted molar refractivity (Wildman–Crippen MR) is 79.0 cm³/mol. The Kier molecular flexibility index (Phi) is 4.22. The molecule has 0 saturated heterocycles. The van der Waals surface area contributed by atoms with Gasteiger partial charge < -0.3 is 4.57 Å². The van der Waals surface area contributed by atoms with Crippen molar-refractivity contribution in [3.05, 3.63) is 45.6 Å². The molecule has 0 amide bonds. The highest BCUT2D eigenvalue weighted by atomic mass is 35.5. The van der Waals surface area contributed by atoms with Crippen molar-refractivity contribution in [2.75, 3.05) is 0 Å². The molecule has 0 atom stereocenters. The van der Waals surface area contributed by atoms with E-state index < -0.39 is 5.24 Å². The SMILES string of the molecule is CC(C)Cn1c(-c2cccs2)ccc(C(=O)Cl)c1=O. The molecular formula is C14H14ClNO2S. The normalized spacial score (nSPS) is 10.9. The van der Waals surface area contributed by atoms with E-state index in [-0.39, 0.29) is 11.1 Å². The van der Waals surface area contributed by atoms with Gasteiger partial charge in [0.2, 0.25) is 0 Å². The molecule has 2 aromatic rings. The molecule has 0 unspecified atom stereocenters. The van der Waals surface area contributed by atoms with Crippen molar-refractivity contribution in [1.82, 2.24) is 4.57 Å². The number of thiophene rings is 1. The van der Waals surface area contributed by atoms with Gasteiger partial charge in [-0.15, -0.1) is 11.3 Å². The molecule has 0 aliphatic heterocycles. The minimum atomic E-state index is -0.708. The van der Waals surface area contributed by atoms with Crippen LogP contribution in [0.2, 0.25) is 0 Å². The maximum absolute atomic E-state index is 12.3. The lowest BCUT2D eigenvalue weighted by atomic mass is 10.1. The summed E-state index contributed by atoms with van der Waals surface area (Å²) in [5, 5.41) is 1.25. The standard InChI is InChI=1S/C14H14ClNO2S/c1-9(2)8-16-11(12-4-3-7-19-12)6-5-10(13(15)17)14(16)18/h3-7,9H,8H2,1-2H3. The first-order valence-corrected chi connectivity index (χ1v) is 7.24. The minimum absolute atomic E-state index is 0.0302. The summed E-state index contributed by atoms with van der Waals surface area (Å²) in [5.41, 5.74) is 0.539. The van der Waals surface area contributed by atoms with E-state index in [2.05, 4.69) is 0 Å². The lowest BCUT2D eigenvalue weighted by Gasteiger charge is -2.14. The van der Waals surface area contributed by atoms with Crippen molar-refractivity contribution < 1.29 is 4.79 Å². The molecule has 5 heteroatoms. The number of halogens is 1. The van der Waals surface area contributed by atoms with Gasteiger partial charge in [0.15, 0.2) is 0 Å². The number of rotatable bonds is 4. The maximum atomic E-state index is 12.3. The van der Waals surface area contributed by atoms with Crippen molar-refractivity contribution in [2.24, 2.45) is 5.92 Å². The molecule has 0 aliphatic rings. The maximum Gasteiger partial charge on any atom is 0.263 e. The van der Waals surface area contributed by atoms with Crippen LogP contribution < -0.4 is 5.56 Å². The van der Waals surface area contributed by atoms with Crippen molar-refractivity contribution in [2.45, 2.75) is 20.4 Å². The second-order valence-corrected chi connectivity index (χ2v) is 5.98. The summed E-state index contributed by atoms with van der Waals surface area (Å²) in [6.45, 7) is 4.61. The molecule has 3 nitrogen and oxygen atoms in total. The van der Waals surface area contributed by atoms with Gasteiger partial charge in [-0.3, -0.25) is 9.59 Å². The van der Waals surface area contributed by atoms with Gasteiger partial charge in [0.1, 0.15) is 0 Å². The van der Waals surface area contributed by atoms with E-state index in [4.69, 9.17) is 11.6 Å². The zero-order chi connectivity index (χ0) is 14.0. The van der Waals surface area contributed by atoms with Crippen molar-refractivity contribution in [3.63, 3.8) is 0 Å². The van der Waals surface area contributed by atoms with Crippen molar-refractivity contribution >= 4 is 28.2 Å². The van der Waals surface area contributed by atoms with Gasteiger partial charge in [-0.1, -0.05) is 19.9 Å². The van der Waals surface area contributed by atoms with Crippen LogP contribution in [0.5, 0.6) is 0 Å². The third-order valence-electron chi connectivity index (χ3n) is 2.71. The predicted octanol–water partition coefficient (Wildman–Crippen LogP) is 3.61. The Morgan fingerprint density at radius 3 is 2.63 bits per heavy atom. The van der Waals surface area contributed by atoms with Gasteiger partial charge in [-0.2, -0.15) is 0 Å². The van der Waals surface area contributed by atoms with Crippen LogP contribution in [0.3, 0.4) is 0 Å². The van der Waals surface area contributed by atoms with Crippen LogP contribution in [0, 0.1) is 5.92 Å². The highest BCUT2D eigenvalue weighted by Crippen LogP contribution is 2.24. The Balaban J connectivity index is 2.65. The first-order valence-electron chi connectivity index (χ1n) is 5.98. The topological polar surface area (TPSA) is 39.1 Å². The van der Waals surface area contributed by atoms with Crippen LogP contribution in [0.4, 0.5) is 0 Å². The molecule has 0 radical (unpaired) electrons. The molecule has 0 spiro atoms. The number of aromatic nitrogens is 1. The Morgan fingerprint density at radius 1 is 1.37 bits per heavy atom. The van der Waals surface area contributed by atoms with Crippen LogP contribution in [-0.2, 0) is 6.54 Å². The Bertz CT molecular complexity index is 644. The second-order valence-electron chi connectivity index (χ2n) is 4.69. The third kappa shape index (κ3) is 2.96. The molecule has 2 heterocycles. The fourth-order valence-electron chi connectivity index (χ4n) is 1.91. The third-order valence-corrected chi connectivity index (χ3v) is 3.80. The lowest BCUT2D eigenvalue weighted by molar-refractivity contribution is 0.107. The fourth-order valence-corrected chi connectivity index (χ4v) is 2.82. The first-order chi connectivity index (χ1) is 9.00. The number of nitrogens with zero attached hydrogens (tertiary/aromatic N) is 1. The Labute approximate surface area is 120 Å². The molecule has 0 aromatic carbocycles. The highest BCUT2D eigenvalue weighted by molar-refractivity contribution is 7.13. The summed E-state index contributed by atoms with van der Waals surface area (Å²) in [6, 6.07) is 7.18. The molecule has 0 bridgehead atoms. The van der Waals surface area contributed by atoms with Crippen LogP contribution in [0.1, 0.15) is 24.2 Å². The Morgan fingerprint density at radius 2 is 2.11 bits per heavy atom. The van der Waals surface area contributed by atoms with Crippen LogP contribution in [0.25, 0.3) is 10.6 Å². The van der Waals surface area contributed by atoms with Gasteiger partial charge >= 0.3 is 0 Å². The highest BCUT2D eigenvalue weighted by Gasteiger charge is 2.15. The minimum Gasteiger partial charge on any atom is -0.307 e. The van der Waals surface area contributed by atoms with Gasteiger partial charge in [0.25, 0.3) is 10.8 Å². The molecule has 19 heavy (non-hydrogen) atoms. The van der Waals surface area contributed by atoms with E-state index >= 15 is 0 Å². The summed E-state index contributed by atoms with van der Waals surface area (Å²) in [6.07, 6.45) is 0. The number of pyridine rings is 1. The molecular weight excluding hydrogens is 282 g/mol. The van der Waals surface area contributed by atoms with E-state index in [9.17, 15) is 9.59 Å². The molecule has 100 valence electrons. The van der Waals surface area contributed by atoms with Gasteiger partial charge in [-0.25, -0.2) is 0 Å². The number of carbonyl (C=O) groups is 1. The summed E-state index contributed by atoms with van der Waals surface area (Å²) >= 11 is 7.01. The Hall–Kier alpha value is -1.39. The number of carbonyl (C=O) groups excluding carboxylic acids is 1. The van der Waals surface area contributed by atoms with Crippen LogP contribution in [0.15, 0.2) is 34.4 Å². The molecule has 0 N–H and O–H groups in total. The largest absolute Gasteiger partial charge is 0.307 e. The average Bonchev–Trinajstić information content (AvgIpc) is 2.84. The van der Waals surface area contributed by atoms with Gasteiger partial charge in [-0.05, 0) is 41.1 Å². The summed E-state index contributed by atoms with van der Waals surface area (Å²) in [4.78, 5) is 24.6. The van der Waals surface area contributed by atoms with Crippen molar-refractivity contribution in [3.8, 4) is 10.6 Å². The van der Waals surface area contributed by atoms with E-state index in [0.717, 1.165) is 10.6 Å². The smallest absolute Gasteiger partial charge is 0.263 e. The molecule has 2 rings (SSSR count). The number of hydrogen-bond donors (Lipinski definition) is 0. The van der Waals surface area contributed by atoms with E-state index in [1.54, 1.807) is 22.0 Å². The number of hydrogen-bond acceptors (Lipinski definition) is 3. The van der Waals surface area contributed by atoms with E-state index in [0.29, 0.717) is 12.5 Å². The van der Waals surface area contributed by atoms with Crippen LogP contribution >= 0.6 is 22.9 Å². The summed E-state index contributed by atoms with van der Waals surface area (Å²) in [5.74, 6) is 0.303. The second kappa shape index (κ2) is 5.72. The van der Waals surface area contributed by atoms with Crippen molar-refractivity contribution in [1.29, 1.82) is 0 Å². The molecule has 0 saturated carbocycles.